The van der Waals surface area contributed by atoms with E-state index in [1.165, 1.54) is 16.7 Å². The first kappa shape index (κ1) is 42.6. The molecule has 0 radical (unpaired) electrons. The van der Waals surface area contributed by atoms with E-state index in [0.29, 0.717) is 30.7 Å². The summed E-state index contributed by atoms with van der Waals surface area (Å²) in [6, 6.07) is 42.0. The first-order valence-electron chi connectivity index (χ1n) is 20.6. The lowest BCUT2D eigenvalue weighted by Crippen LogP contribution is -2.25. The Labute approximate surface area is 349 Å². The van der Waals surface area contributed by atoms with Gasteiger partial charge in [0.2, 0.25) is 0 Å². The zero-order valence-corrected chi connectivity index (χ0v) is 35.5. The summed E-state index contributed by atoms with van der Waals surface area (Å²) in [6.45, 7) is 11.6. The molecule has 312 valence electrons. The zero-order valence-electron chi connectivity index (χ0n) is 34.6. The quantitative estimate of drug-likeness (QED) is 0.0392. The van der Waals surface area contributed by atoms with Crippen LogP contribution in [0.25, 0.3) is 0 Å². The molecular weight excluding hydrogens is 764 g/mol. The maximum atomic E-state index is 14.1. The number of epoxide rings is 2. The van der Waals surface area contributed by atoms with E-state index in [0.717, 1.165) is 48.7 Å². The Morgan fingerprint density at radius 2 is 1.03 bits per heavy atom. The third-order valence-electron chi connectivity index (χ3n) is 11.2. The molecule has 2 saturated heterocycles. The van der Waals surface area contributed by atoms with E-state index >= 15 is 0 Å². The van der Waals surface area contributed by atoms with Gasteiger partial charge in [-0.2, -0.15) is 0 Å². The maximum absolute atomic E-state index is 14.1. The molecule has 2 heterocycles. The van der Waals surface area contributed by atoms with Crippen LogP contribution in [0.2, 0.25) is 0 Å². The minimum atomic E-state index is -3.70. The number of ether oxygens (including phenoxy) is 5. The number of hydrogen-bond acceptors (Lipinski definition) is 9. The van der Waals surface area contributed by atoms with Crippen molar-refractivity contribution < 1.29 is 42.4 Å². The Morgan fingerprint density at radius 1 is 0.593 bits per heavy atom. The highest BCUT2D eigenvalue weighted by molar-refractivity contribution is 7.62. The van der Waals surface area contributed by atoms with Crippen molar-refractivity contribution >= 4 is 12.9 Å². The van der Waals surface area contributed by atoms with Crippen molar-refractivity contribution in [3.05, 3.63) is 155 Å². The maximum Gasteiger partial charge on any atom is 0.361 e. The average molecular weight is 821 g/mol. The van der Waals surface area contributed by atoms with Gasteiger partial charge in [0.25, 0.3) is 0 Å². The fourth-order valence-electron chi connectivity index (χ4n) is 6.87. The molecule has 2 aliphatic heterocycles. The van der Waals surface area contributed by atoms with Crippen LogP contribution in [-0.4, -0.2) is 69.7 Å². The standard InChI is InChI=1S/C49H57O9P/c1-48(2,38-19-25-43(26-20-38)53-32-45-34-55-45)37-15-13-36(14-16-37)10-8-9-29-57-59(51,47-11-6-5-7-12-47)58-31-41(50)30-52-42-23-17-39(18-24-42)49(3,4)40-21-27-44(28-22-40)54-33-46-35-56-46/h5-7,11-28,41,45-46,50H,8-10,29-35H2,1-4H3. The van der Waals surface area contributed by atoms with E-state index in [2.05, 4.69) is 76.2 Å². The van der Waals surface area contributed by atoms with Gasteiger partial charge in [0, 0.05) is 10.8 Å². The predicted molar refractivity (Wildman–Crippen MR) is 231 cm³/mol. The highest BCUT2D eigenvalue weighted by Crippen LogP contribution is 2.47. The largest absolute Gasteiger partial charge is 0.491 e. The van der Waals surface area contributed by atoms with Crippen molar-refractivity contribution in [1.82, 2.24) is 0 Å². The molecule has 2 aliphatic rings. The summed E-state index contributed by atoms with van der Waals surface area (Å²) in [4.78, 5) is 0. The van der Waals surface area contributed by atoms with Gasteiger partial charge >= 0.3 is 7.60 Å². The summed E-state index contributed by atoms with van der Waals surface area (Å²) in [7, 11) is -3.70. The fourth-order valence-corrected chi connectivity index (χ4v) is 8.52. The Bertz CT molecular complexity index is 2090. The molecule has 9 nitrogen and oxygen atoms in total. The highest BCUT2D eigenvalue weighted by atomic mass is 31.2. The third-order valence-corrected chi connectivity index (χ3v) is 13.1. The fraction of sp³-hybridized carbons (Fsp3) is 0.388. The monoisotopic (exact) mass is 820 g/mol. The van der Waals surface area contributed by atoms with Crippen molar-refractivity contribution in [2.45, 2.75) is 76.1 Å². The van der Waals surface area contributed by atoms with Crippen LogP contribution >= 0.6 is 7.60 Å². The van der Waals surface area contributed by atoms with E-state index in [4.69, 9.17) is 32.7 Å². The van der Waals surface area contributed by atoms with Crippen molar-refractivity contribution in [3.8, 4) is 17.2 Å². The van der Waals surface area contributed by atoms with E-state index < -0.39 is 13.7 Å². The summed E-state index contributed by atoms with van der Waals surface area (Å²) in [5.74, 6) is 2.31. The van der Waals surface area contributed by atoms with Gasteiger partial charge in [-0.1, -0.05) is 107 Å². The molecule has 0 saturated carbocycles. The Morgan fingerprint density at radius 3 is 1.49 bits per heavy atom. The van der Waals surface area contributed by atoms with Crippen LogP contribution in [-0.2, 0) is 40.3 Å². The van der Waals surface area contributed by atoms with Gasteiger partial charge in [0.05, 0.1) is 31.7 Å². The second-order valence-corrected chi connectivity index (χ2v) is 18.5. The summed E-state index contributed by atoms with van der Waals surface area (Å²) in [5.41, 5.74) is 5.56. The summed E-state index contributed by atoms with van der Waals surface area (Å²) in [5, 5.41) is 11.3. The lowest BCUT2D eigenvalue weighted by Gasteiger charge is -2.26. The number of unbranched alkanes of at least 4 members (excludes halogenated alkanes) is 1. The van der Waals surface area contributed by atoms with Crippen LogP contribution in [0.15, 0.2) is 127 Å². The average Bonchev–Trinajstić information content (AvgIpc) is 4.21. The number of aliphatic hydroxyl groups is 1. The molecule has 1 N–H and O–H groups in total. The third kappa shape index (κ3) is 11.8. The van der Waals surface area contributed by atoms with Crippen LogP contribution in [0.1, 0.15) is 68.4 Å². The van der Waals surface area contributed by atoms with Crippen LogP contribution in [0.5, 0.6) is 17.2 Å². The van der Waals surface area contributed by atoms with E-state index in [1.807, 2.05) is 54.6 Å². The van der Waals surface area contributed by atoms with Gasteiger partial charge < -0.3 is 37.8 Å². The number of aliphatic hydroxyl groups excluding tert-OH is 1. The van der Waals surface area contributed by atoms with Gasteiger partial charge in [-0.3, -0.25) is 4.57 Å². The summed E-state index contributed by atoms with van der Waals surface area (Å²) >= 11 is 0. The Hall–Kier alpha value is -4.47. The minimum absolute atomic E-state index is 0.0291. The van der Waals surface area contributed by atoms with Crippen molar-refractivity contribution in [2.75, 3.05) is 46.2 Å². The molecular formula is C49H57O9P. The van der Waals surface area contributed by atoms with Crippen LogP contribution in [0.3, 0.4) is 0 Å². The van der Waals surface area contributed by atoms with Gasteiger partial charge in [-0.05, 0) is 95.6 Å². The number of rotatable bonds is 23. The SMILES string of the molecule is CC(C)(c1ccc(CCCCOP(=O)(OCC(O)COc2ccc(C(C)(C)c3ccc(OCC4CO4)cc3)cc2)c2ccccc2)cc1)c1ccc(OCC2CO2)cc1. The molecule has 0 spiro atoms. The van der Waals surface area contributed by atoms with Gasteiger partial charge in [0.15, 0.2) is 0 Å². The molecule has 0 bridgehead atoms. The molecule has 5 aromatic carbocycles. The molecule has 7 rings (SSSR count). The second kappa shape index (κ2) is 19.3. The molecule has 59 heavy (non-hydrogen) atoms. The molecule has 2 fully saturated rings. The van der Waals surface area contributed by atoms with Gasteiger partial charge in [-0.25, -0.2) is 0 Å². The summed E-state index contributed by atoms with van der Waals surface area (Å²) < 4.78 is 53.9. The minimum Gasteiger partial charge on any atom is -0.491 e. The first-order chi connectivity index (χ1) is 28.5. The van der Waals surface area contributed by atoms with Crippen LogP contribution in [0, 0.1) is 0 Å². The molecule has 0 aromatic heterocycles. The zero-order chi connectivity index (χ0) is 41.3. The van der Waals surface area contributed by atoms with Gasteiger partial charge in [-0.15, -0.1) is 0 Å². The predicted octanol–water partition coefficient (Wildman–Crippen LogP) is 9.21. The van der Waals surface area contributed by atoms with Crippen LogP contribution in [0.4, 0.5) is 0 Å². The van der Waals surface area contributed by atoms with Gasteiger partial charge in [0.1, 0.15) is 55.4 Å². The van der Waals surface area contributed by atoms with E-state index in [9.17, 15) is 9.67 Å². The normalized spacial score (nSPS) is 17.8. The molecule has 0 amide bonds. The second-order valence-electron chi connectivity index (χ2n) is 16.4. The van der Waals surface area contributed by atoms with Crippen molar-refractivity contribution in [3.63, 3.8) is 0 Å². The molecule has 5 aromatic rings. The first-order valence-corrected chi connectivity index (χ1v) is 22.2. The number of benzene rings is 5. The lowest BCUT2D eigenvalue weighted by atomic mass is 9.78. The summed E-state index contributed by atoms with van der Waals surface area (Å²) in [6.07, 6.45) is 1.85. The van der Waals surface area contributed by atoms with Crippen molar-refractivity contribution in [2.24, 2.45) is 0 Å². The van der Waals surface area contributed by atoms with Crippen molar-refractivity contribution in [1.29, 1.82) is 0 Å². The topological polar surface area (TPSA) is 109 Å². The molecule has 4 atom stereocenters. The Kier molecular flexibility index (Phi) is 13.9. The lowest BCUT2D eigenvalue weighted by molar-refractivity contribution is 0.0559. The van der Waals surface area contributed by atoms with E-state index in [1.54, 1.807) is 24.3 Å². The van der Waals surface area contributed by atoms with E-state index in [-0.39, 0.29) is 42.9 Å². The molecule has 0 aliphatic carbocycles. The number of hydrogen-bond donors (Lipinski definition) is 1. The highest BCUT2D eigenvalue weighted by Gasteiger charge is 2.30. The molecule has 10 heteroatoms. The number of aryl methyl sites for hydroxylation is 1. The smallest absolute Gasteiger partial charge is 0.361 e. The molecule has 4 unspecified atom stereocenters. The Balaban J connectivity index is 0.848. The van der Waals surface area contributed by atoms with Crippen LogP contribution < -0.4 is 19.5 Å².